The largest absolute Gasteiger partial charge is 0.465 e. The number of nitrogens with zero attached hydrogens (tertiary/aromatic N) is 1. The number of rotatable bonds is 6. The summed E-state index contributed by atoms with van der Waals surface area (Å²) in [5.74, 6) is 0. The van der Waals surface area contributed by atoms with Crippen LogP contribution in [0.2, 0.25) is 0 Å². The minimum absolute atomic E-state index is 0.329. The number of amides is 1. The van der Waals surface area contributed by atoms with Crippen LogP contribution in [-0.4, -0.2) is 21.9 Å². The molecule has 1 amide bonds. The van der Waals surface area contributed by atoms with Gasteiger partial charge in [-0.3, -0.25) is 0 Å². The van der Waals surface area contributed by atoms with Crippen LogP contribution in [0.3, 0.4) is 0 Å². The molecule has 2 aromatic rings. The van der Waals surface area contributed by atoms with Gasteiger partial charge >= 0.3 is 6.09 Å². The number of hydrogen-bond acceptors (Lipinski definition) is 2. The first-order valence-electron chi connectivity index (χ1n) is 9.33. The summed E-state index contributed by atoms with van der Waals surface area (Å²) in [5.41, 5.74) is 4.78. The van der Waals surface area contributed by atoms with E-state index in [1.165, 1.54) is 24.2 Å². The molecule has 140 valence electrons. The summed E-state index contributed by atoms with van der Waals surface area (Å²) in [6, 6.07) is 12.9. The Kier molecular flexibility index (Phi) is 5.99. The summed E-state index contributed by atoms with van der Waals surface area (Å²) >= 11 is 0. The molecular weight excluding hydrogens is 328 g/mol. The van der Waals surface area contributed by atoms with Gasteiger partial charge in [0.15, 0.2) is 0 Å². The number of benzene rings is 1. The van der Waals surface area contributed by atoms with Crippen LogP contribution in [0.15, 0.2) is 36.4 Å². The van der Waals surface area contributed by atoms with E-state index in [0.717, 1.165) is 24.0 Å². The Hall–Kier alpha value is -2.27. The van der Waals surface area contributed by atoms with Gasteiger partial charge in [-0.05, 0) is 62.8 Å². The molecule has 0 atom stereocenters. The third-order valence-corrected chi connectivity index (χ3v) is 5.29. The molecule has 1 aliphatic carbocycles. The van der Waals surface area contributed by atoms with Crippen LogP contribution < -0.4 is 5.32 Å². The Morgan fingerprint density at radius 1 is 1.04 bits per heavy atom. The van der Waals surface area contributed by atoms with E-state index in [0.29, 0.717) is 25.3 Å². The standard InChI is InChI=1S/C21H28N2O3/c1-15-3-4-16(2)23(15)19-9-11-20(12-10-19)26-14-18-7-5-17(6-8-18)13-22-21(24)25/h3-8,19-20,22H,9-14H2,1-2H3,(H,24,25)/t19-,20-. The smallest absolute Gasteiger partial charge is 0.404 e. The highest BCUT2D eigenvalue weighted by molar-refractivity contribution is 5.64. The van der Waals surface area contributed by atoms with Crippen LogP contribution in [0.5, 0.6) is 0 Å². The molecule has 26 heavy (non-hydrogen) atoms. The molecule has 0 bridgehead atoms. The lowest BCUT2D eigenvalue weighted by Gasteiger charge is -2.31. The number of aryl methyl sites for hydroxylation is 2. The number of carbonyl (C=O) groups is 1. The Morgan fingerprint density at radius 3 is 2.19 bits per heavy atom. The lowest BCUT2D eigenvalue weighted by atomic mass is 9.92. The monoisotopic (exact) mass is 356 g/mol. The zero-order valence-corrected chi connectivity index (χ0v) is 15.6. The van der Waals surface area contributed by atoms with Crippen molar-refractivity contribution in [2.24, 2.45) is 0 Å². The second-order valence-corrected chi connectivity index (χ2v) is 7.20. The molecule has 0 radical (unpaired) electrons. The first-order valence-corrected chi connectivity index (χ1v) is 9.33. The molecule has 2 N–H and O–H groups in total. The van der Waals surface area contributed by atoms with Crippen LogP contribution >= 0.6 is 0 Å². The maximum absolute atomic E-state index is 10.5. The summed E-state index contributed by atoms with van der Waals surface area (Å²) < 4.78 is 8.59. The average molecular weight is 356 g/mol. The van der Waals surface area contributed by atoms with Gasteiger partial charge in [-0.15, -0.1) is 0 Å². The molecule has 5 heteroatoms. The Labute approximate surface area is 155 Å². The van der Waals surface area contributed by atoms with E-state index < -0.39 is 6.09 Å². The van der Waals surface area contributed by atoms with Crippen LogP contribution in [0.25, 0.3) is 0 Å². The molecule has 0 aliphatic heterocycles. The van der Waals surface area contributed by atoms with Gasteiger partial charge < -0.3 is 19.7 Å². The highest BCUT2D eigenvalue weighted by atomic mass is 16.5. The number of ether oxygens (including phenoxy) is 1. The number of hydrogen-bond donors (Lipinski definition) is 2. The van der Waals surface area contributed by atoms with Crippen LogP contribution in [0, 0.1) is 13.8 Å². The topological polar surface area (TPSA) is 63.5 Å². The molecule has 0 unspecified atom stereocenters. The first-order chi connectivity index (χ1) is 12.5. The fourth-order valence-electron chi connectivity index (χ4n) is 3.87. The van der Waals surface area contributed by atoms with E-state index >= 15 is 0 Å². The molecule has 3 rings (SSSR count). The second-order valence-electron chi connectivity index (χ2n) is 7.20. The fraction of sp³-hybridized carbons (Fsp3) is 0.476. The van der Waals surface area contributed by atoms with Gasteiger partial charge in [0, 0.05) is 24.0 Å². The quantitative estimate of drug-likeness (QED) is 0.797. The van der Waals surface area contributed by atoms with Gasteiger partial charge in [-0.1, -0.05) is 24.3 Å². The molecule has 5 nitrogen and oxygen atoms in total. The third-order valence-electron chi connectivity index (χ3n) is 5.29. The van der Waals surface area contributed by atoms with E-state index in [9.17, 15) is 4.79 Å². The molecule has 1 aromatic carbocycles. The minimum Gasteiger partial charge on any atom is -0.465 e. The molecular formula is C21H28N2O3. The lowest BCUT2D eigenvalue weighted by molar-refractivity contribution is 0.00816. The molecule has 0 spiro atoms. The highest BCUT2D eigenvalue weighted by Gasteiger charge is 2.24. The molecule has 1 heterocycles. The number of nitrogens with one attached hydrogen (secondary N) is 1. The van der Waals surface area contributed by atoms with Gasteiger partial charge in [0.1, 0.15) is 0 Å². The molecule has 1 fully saturated rings. The van der Waals surface area contributed by atoms with Crippen LogP contribution in [0.4, 0.5) is 4.79 Å². The molecule has 0 saturated heterocycles. The fourth-order valence-corrected chi connectivity index (χ4v) is 3.87. The van der Waals surface area contributed by atoms with Crippen LogP contribution in [0.1, 0.15) is 54.2 Å². The van der Waals surface area contributed by atoms with Gasteiger partial charge in [-0.2, -0.15) is 0 Å². The van der Waals surface area contributed by atoms with Crippen molar-refractivity contribution in [2.45, 2.75) is 64.8 Å². The Bertz CT molecular complexity index is 709. The second kappa shape index (κ2) is 8.41. The van der Waals surface area contributed by atoms with E-state index in [1.807, 2.05) is 24.3 Å². The van der Waals surface area contributed by atoms with E-state index in [1.54, 1.807) is 0 Å². The van der Waals surface area contributed by atoms with E-state index in [2.05, 4.69) is 35.9 Å². The van der Waals surface area contributed by atoms with Crippen molar-refractivity contribution in [1.29, 1.82) is 0 Å². The maximum Gasteiger partial charge on any atom is 0.404 e. The third kappa shape index (κ3) is 4.67. The summed E-state index contributed by atoms with van der Waals surface area (Å²) in [6.07, 6.45) is 3.86. The normalized spacial score (nSPS) is 20.1. The molecule has 1 saturated carbocycles. The SMILES string of the molecule is Cc1ccc(C)n1[C@H]1CC[C@H](OCc2ccc(CNC(=O)O)cc2)CC1. The van der Waals surface area contributed by atoms with Crippen molar-refractivity contribution >= 4 is 6.09 Å². The summed E-state index contributed by atoms with van der Waals surface area (Å²) in [4.78, 5) is 10.5. The van der Waals surface area contributed by atoms with Crippen molar-refractivity contribution in [3.63, 3.8) is 0 Å². The zero-order valence-electron chi connectivity index (χ0n) is 15.6. The predicted octanol–water partition coefficient (Wildman–Crippen LogP) is 4.57. The summed E-state index contributed by atoms with van der Waals surface area (Å²) in [6.45, 7) is 5.32. The zero-order chi connectivity index (χ0) is 18.5. The van der Waals surface area contributed by atoms with Gasteiger partial charge in [0.25, 0.3) is 0 Å². The number of aromatic nitrogens is 1. The van der Waals surface area contributed by atoms with E-state index in [4.69, 9.17) is 9.84 Å². The van der Waals surface area contributed by atoms with Crippen molar-refractivity contribution in [3.8, 4) is 0 Å². The molecule has 1 aliphatic rings. The first kappa shape index (κ1) is 18.5. The maximum atomic E-state index is 10.5. The van der Waals surface area contributed by atoms with Crippen molar-refractivity contribution < 1.29 is 14.6 Å². The average Bonchev–Trinajstić information content (AvgIpc) is 2.98. The Balaban J connectivity index is 1.44. The van der Waals surface area contributed by atoms with Crippen molar-refractivity contribution in [1.82, 2.24) is 9.88 Å². The Morgan fingerprint density at radius 2 is 1.62 bits per heavy atom. The number of carboxylic acid groups (broad SMARTS) is 1. The minimum atomic E-state index is -1.00. The molecule has 1 aromatic heterocycles. The summed E-state index contributed by atoms with van der Waals surface area (Å²) in [7, 11) is 0. The van der Waals surface area contributed by atoms with Crippen LogP contribution in [-0.2, 0) is 17.9 Å². The predicted molar refractivity (Wildman–Crippen MR) is 101 cm³/mol. The van der Waals surface area contributed by atoms with Crippen molar-refractivity contribution in [2.75, 3.05) is 0 Å². The van der Waals surface area contributed by atoms with E-state index in [-0.39, 0.29) is 0 Å². The highest BCUT2D eigenvalue weighted by Crippen LogP contribution is 2.32. The lowest BCUT2D eigenvalue weighted by Crippen LogP contribution is -2.24. The van der Waals surface area contributed by atoms with Gasteiger partial charge in [-0.25, -0.2) is 4.79 Å². The summed E-state index contributed by atoms with van der Waals surface area (Å²) in [5, 5.41) is 11.0. The van der Waals surface area contributed by atoms with Gasteiger partial charge in [0.05, 0.1) is 12.7 Å². The van der Waals surface area contributed by atoms with Gasteiger partial charge in [0.2, 0.25) is 0 Å². The van der Waals surface area contributed by atoms with Crippen molar-refractivity contribution in [3.05, 3.63) is 58.9 Å².